The van der Waals surface area contributed by atoms with Crippen LogP contribution in [0.4, 0.5) is 0 Å². The highest BCUT2D eigenvalue weighted by atomic mass is 16.6. The molecule has 0 heterocycles. The molecule has 0 radical (unpaired) electrons. The highest BCUT2D eigenvalue weighted by molar-refractivity contribution is 5.77. The number of carbonyl (C=O) groups is 1. The zero-order chi connectivity index (χ0) is 16.8. The number of hydrogen-bond donors (Lipinski definition) is 0. The molecule has 3 saturated carbocycles. The minimum atomic E-state index is -0.312. The smallest absolute Gasteiger partial charge is 0.312 e. The second-order valence-electron chi connectivity index (χ2n) is 9.39. The monoisotopic (exact) mass is 320 g/mol. The van der Waals surface area contributed by atoms with Gasteiger partial charge in [0, 0.05) is 5.92 Å². The summed E-state index contributed by atoms with van der Waals surface area (Å²) in [6.45, 7) is 10.9. The number of hydrogen-bond acceptors (Lipinski definition) is 2. The van der Waals surface area contributed by atoms with E-state index in [0.29, 0.717) is 11.8 Å². The van der Waals surface area contributed by atoms with Crippen molar-refractivity contribution in [2.24, 2.45) is 35.0 Å². The molecule has 6 unspecified atom stereocenters. The fourth-order valence-electron chi connectivity index (χ4n) is 6.39. The largest absolute Gasteiger partial charge is 0.458 e. The lowest BCUT2D eigenvalue weighted by molar-refractivity contribution is -0.183. The second-order valence-corrected chi connectivity index (χ2v) is 9.39. The molecule has 2 heteroatoms. The van der Waals surface area contributed by atoms with Crippen LogP contribution >= 0.6 is 0 Å². The molecule has 0 aliphatic heterocycles. The van der Waals surface area contributed by atoms with Crippen molar-refractivity contribution in [1.29, 1.82) is 0 Å². The van der Waals surface area contributed by atoms with Crippen molar-refractivity contribution in [1.82, 2.24) is 0 Å². The molecular formula is C21H36O2. The maximum absolute atomic E-state index is 13.1. The number of rotatable bonds is 6. The Labute approximate surface area is 142 Å². The number of carbonyl (C=O) groups excluding carboxylic acids is 1. The summed E-state index contributed by atoms with van der Waals surface area (Å²) in [5.41, 5.74) is -0.450. The standard InChI is InChI=1S/C21H36O2/c1-6-20(5,12-14(3)4)19(22)23-21(7-2)13-15-11-18(21)17-10-8-9-16(15)17/h14-18H,6-13H2,1-5H3. The summed E-state index contributed by atoms with van der Waals surface area (Å²) < 4.78 is 6.41. The molecule has 0 N–H and O–H groups in total. The van der Waals surface area contributed by atoms with E-state index in [9.17, 15) is 4.79 Å². The van der Waals surface area contributed by atoms with Gasteiger partial charge in [-0.05, 0) is 75.5 Å². The first-order chi connectivity index (χ1) is 10.8. The molecule has 3 rings (SSSR count). The van der Waals surface area contributed by atoms with Gasteiger partial charge < -0.3 is 4.74 Å². The Kier molecular flexibility index (Phi) is 4.57. The third kappa shape index (κ3) is 2.74. The minimum Gasteiger partial charge on any atom is -0.458 e. The van der Waals surface area contributed by atoms with Crippen LogP contribution in [0, 0.1) is 35.0 Å². The Bertz CT molecular complexity index is 457. The maximum Gasteiger partial charge on any atom is 0.312 e. The van der Waals surface area contributed by atoms with Gasteiger partial charge in [0.2, 0.25) is 0 Å². The fourth-order valence-corrected chi connectivity index (χ4v) is 6.39. The van der Waals surface area contributed by atoms with Crippen LogP contribution in [-0.2, 0) is 9.53 Å². The molecule has 0 aromatic heterocycles. The predicted molar refractivity (Wildman–Crippen MR) is 94.0 cm³/mol. The summed E-state index contributed by atoms with van der Waals surface area (Å²) in [7, 11) is 0. The van der Waals surface area contributed by atoms with Crippen LogP contribution in [0.2, 0.25) is 0 Å². The van der Waals surface area contributed by atoms with Gasteiger partial charge in [0.15, 0.2) is 0 Å². The average molecular weight is 321 g/mol. The van der Waals surface area contributed by atoms with E-state index in [2.05, 4.69) is 34.6 Å². The highest BCUT2D eigenvalue weighted by Gasteiger charge is 2.62. The fraction of sp³-hybridized carbons (Fsp3) is 0.952. The first-order valence-electron chi connectivity index (χ1n) is 10.1. The van der Waals surface area contributed by atoms with Gasteiger partial charge in [-0.3, -0.25) is 4.79 Å². The summed E-state index contributed by atoms with van der Waals surface area (Å²) in [5.74, 6) is 3.89. The van der Waals surface area contributed by atoms with Crippen molar-refractivity contribution < 1.29 is 9.53 Å². The van der Waals surface area contributed by atoms with E-state index in [0.717, 1.165) is 43.4 Å². The summed E-state index contributed by atoms with van der Waals surface area (Å²) in [6, 6.07) is 0. The zero-order valence-corrected chi connectivity index (χ0v) is 15.9. The van der Waals surface area contributed by atoms with E-state index in [1.165, 1.54) is 25.7 Å². The maximum atomic E-state index is 13.1. The second kappa shape index (κ2) is 6.08. The van der Waals surface area contributed by atoms with Gasteiger partial charge in [-0.1, -0.05) is 34.1 Å². The lowest BCUT2D eigenvalue weighted by atomic mass is 9.71. The molecule has 6 atom stereocenters. The molecule has 2 bridgehead atoms. The summed E-state index contributed by atoms with van der Waals surface area (Å²) in [4.78, 5) is 13.1. The van der Waals surface area contributed by atoms with E-state index in [4.69, 9.17) is 4.74 Å². The molecular weight excluding hydrogens is 284 g/mol. The topological polar surface area (TPSA) is 26.3 Å². The molecule has 0 aromatic rings. The van der Waals surface area contributed by atoms with E-state index < -0.39 is 0 Å². The quantitative estimate of drug-likeness (QED) is 0.596. The summed E-state index contributed by atoms with van der Waals surface area (Å²) in [6.07, 6.45) is 9.49. The van der Waals surface area contributed by atoms with Crippen LogP contribution in [0.1, 0.15) is 86.0 Å². The van der Waals surface area contributed by atoms with E-state index >= 15 is 0 Å². The Hall–Kier alpha value is -0.530. The van der Waals surface area contributed by atoms with Gasteiger partial charge in [0.25, 0.3) is 0 Å². The normalized spacial score (nSPS) is 41.1. The van der Waals surface area contributed by atoms with Crippen LogP contribution < -0.4 is 0 Å². The molecule has 2 nitrogen and oxygen atoms in total. The van der Waals surface area contributed by atoms with Crippen molar-refractivity contribution in [3.8, 4) is 0 Å². The number of ether oxygens (including phenoxy) is 1. The molecule has 3 aliphatic carbocycles. The molecule has 132 valence electrons. The highest BCUT2D eigenvalue weighted by Crippen LogP contribution is 2.64. The first-order valence-corrected chi connectivity index (χ1v) is 10.1. The van der Waals surface area contributed by atoms with Crippen molar-refractivity contribution in [2.75, 3.05) is 0 Å². The van der Waals surface area contributed by atoms with Gasteiger partial charge in [-0.2, -0.15) is 0 Å². The minimum absolute atomic E-state index is 0.0812. The van der Waals surface area contributed by atoms with Crippen LogP contribution in [-0.4, -0.2) is 11.6 Å². The Morgan fingerprint density at radius 2 is 1.96 bits per heavy atom. The zero-order valence-electron chi connectivity index (χ0n) is 15.9. The third-order valence-electron chi connectivity index (χ3n) is 7.61. The number of fused-ring (bicyclic) bond motifs is 5. The van der Waals surface area contributed by atoms with Crippen molar-refractivity contribution in [3.05, 3.63) is 0 Å². The molecule has 23 heavy (non-hydrogen) atoms. The molecule has 3 fully saturated rings. The third-order valence-corrected chi connectivity index (χ3v) is 7.61. The van der Waals surface area contributed by atoms with E-state index in [1.54, 1.807) is 0 Å². The lowest BCUT2D eigenvalue weighted by Crippen LogP contribution is -2.47. The van der Waals surface area contributed by atoms with Gasteiger partial charge in [-0.15, -0.1) is 0 Å². The lowest BCUT2D eigenvalue weighted by Gasteiger charge is -2.44. The Morgan fingerprint density at radius 1 is 1.26 bits per heavy atom. The van der Waals surface area contributed by atoms with Crippen LogP contribution in [0.5, 0.6) is 0 Å². The molecule has 0 saturated heterocycles. The number of esters is 1. The van der Waals surface area contributed by atoms with Gasteiger partial charge >= 0.3 is 5.97 Å². The average Bonchev–Trinajstić information content (AvgIpc) is 3.17. The van der Waals surface area contributed by atoms with Gasteiger partial charge in [-0.25, -0.2) is 0 Å². The van der Waals surface area contributed by atoms with Crippen molar-refractivity contribution in [2.45, 2.75) is 91.6 Å². The van der Waals surface area contributed by atoms with E-state index in [-0.39, 0.29) is 17.0 Å². The van der Waals surface area contributed by atoms with Crippen LogP contribution in [0.25, 0.3) is 0 Å². The van der Waals surface area contributed by atoms with Crippen LogP contribution in [0.15, 0.2) is 0 Å². The van der Waals surface area contributed by atoms with Crippen LogP contribution in [0.3, 0.4) is 0 Å². The molecule has 0 aromatic carbocycles. The SMILES string of the molecule is CCC(C)(CC(C)C)C(=O)OC1(CC)CC2CC1C1CCCC21. The van der Waals surface area contributed by atoms with Gasteiger partial charge in [0.05, 0.1) is 5.41 Å². The van der Waals surface area contributed by atoms with E-state index in [1.807, 2.05) is 0 Å². The first kappa shape index (κ1) is 17.3. The molecule has 3 aliphatic rings. The predicted octanol–water partition coefficient (Wildman–Crippen LogP) is 5.60. The van der Waals surface area contributed by atoms with Crippen molar-refractivity contribution >= 4 is 5.97 Å². The molecule has 0 spiro atoms. The summed E-state index contributed by atoms with van der Waals surface area (Å²) >= 11 is 0. The Morgan fingerprint density at radius 3 is 2.57 bits per heavy atom. The Balaban J connectivity index is 1.76. The summed E-state index contributed by atoms with van der Waals surface area (Å²) in [5, 5.41) is 0. The van der Waals surface area contributed by atoms with Crippen molar-refractivity contribution in [3.63, 3.8) is 0 Å². The molecule has 0 amide bonds. The van der Waals surface area contributed by atoms with Gasteiger partial charge in [0.1, 0.15) is 5.60 Å².